The van der Waals surface area contributed by atoms with Gasteiger partial charge in [-0.1, -0.05) is 48.0 Å². The van der Waals surface area contributed by atoms with Gasteiger partial charge in [-0.25, -0.2) is 0 Å². The number of carbonyl (C=O) groups is 2. The van der Waals surface area contributed by atoms with E-state index >= 15 is 0 Å². The van der Waals surface area contributed by atoms with Crippen LogP contribution < -0.4 is 4.90 Å². The molecule has 134 valence electrons. The molecular weight excluding hydrogens is 398 g/mol. The van der Waals surface area contributed by atoms with Gasteiger partial charge >= 0.3 is 5.97 Å². The smallest absolute Gasteiger partial charge is 0.310 e. The third kappa shape index (κ3) is 3.06. The Morgan fingerprint density at radius 3 is 2.35 bits per heavy atom. The predicted molar refractivity (Wildman–Crippen MR) is 103 cm³/mol. The number of carbonyl (C=O) groups excluding carboxylic acids is 2. The highest BCUT2D eigenvalue weighted by molar-refractivity contribution is 9.12. The first-order valence-electron chi connectivity index (χ1n) is 8.04. The van der Waals surface area contributed by atoms with Gasteiger partial charge in [0, 0.05) is 5.69 Å². The molecule has 2 aromatic carbocycles. The minimum Gasteiger partial charge on any atom is -0.469 e. The molecule has 0 bridgehead atoms. The van der Waals surface area contributed by atoms with Gasteiger partial charge in [-0.15, -0.1) is 0 Å². The van der Waals surface area contributed by atoms with E-state index in [0.717, 1.165) is 11.1 Å². The second-order valence-corrected chi connectivity index (χ2v) is 6.89. The second kappa shape index (κ2) is 7.05. The summed E-state index contributed by atoms with van der Waals surface area (Å²) in [5.41, 5.74) is 0.829. The highest BCUT2D eigenvalue weighted by atomic mass is 79.9. The Morgan fingerprint density at radius 1 is 1.15 bits per heavy atom. The van der Waals surface area contributed by atoms with E-state index in [1.54, 1.807) is 12.1 Å². The number of esters is 1. The molecule has 1 heterocycles. The summed E-state index contributed by atoms with van der Waals surface area (Å²) in [6, 6.07) is 16.6. The monoisotopic (exact) mass is 415 g/mol. The minimum atomic E-state index is -2.06. The van der Waals surface area contributed by atoms with Crippen molar-refractivity contribution in [2.75, 3.05) is 12.0 Å². The molecule has 1 aliphatic heterocycles. The van der Waals surface area contributed by atoms with Crippen molar-refractivity contribution in [1.82, 2.24) is 0 Å². The summed E-state index contributed by atoms with van der Waals surface area (Å²) in [5.74, 6) is -1.25. The fraction of sp³-hybridized carbons (Fsp3) is 0.200. The summed E-state index contributed by atoms with van der Waals surface area (Å²) in [6.07, 6.45) is -0.484. The van der Waals surface area contributed by atoms with Crippen LogP contribution in [0.1, 0.15) is 17.5 Å². The Bertz CT molecular complexity index is 876. The van der Waals surface area contributed by atoms with Crippen molar-refractivity contribution in [3.05, 3.63) is 70.2 Å². The summed E-state index contributed by atoms with van der Waals surface area (Å²) in [6.45, 7) is 1.95. The van der Waals surface area contributed by atoms with Crippen LogP contribution >= 0.6 is 15.9 Å². The van der Waals surface area contributed by atoms with Gasteiger partial charge in [-0.05, 0) is 40.5 Å². The number of aryl methyl sites for hydroxylation is 1. The van der Waals surface area contributed by atoms with Crippen molar-refractivity contribution < 1.29 is 19.4 Å². The van der Waals surface area contributed by atoms with Gasteiger partial charge in [0.05, 0.1) is 17.3 Å². The number of ether oxygens (including phenoxy) is 1. The van der Waals surface area contributed by atoms with E-state index in [1.807, 2.05) is 49.4 Å². The van der Waals surface area contributed by atoms with Crippen molar-refractivity contribution >= 4 is 39.1 Å². The van der Waals surface area contributed by atoms with Crippen molar-refractivity contribution in [1.29, 1.82) is 0 Å². The summed E-state index contributed by atoms with van der Waals surface area (Å²) >= 11 is 3.32. The van der Waals surface area contributed by atoms with Gasteiger partial charge in [0.25, 0.3) is 0 Å². The van der Waals surface area contributed by atoms with E-state index in [-0.39, 0.29) is 4.48 Å². The van der Waals surface area contributed by atoms with E-state index in [0.29, 0.717) is 11.4 Å². The molecular formula is C20H18BrNO4. The molecule has 1 unspecified atom stereocenters. The number of rotatable bonds is 4. The largest absolute Gasteiger partial charge is 0.469 e. The Balaban J connectivity index is 2.19. The normalized spacial score (nSPS) is 19.8. The van der Waals surface area contributed by atoms with Gasteiger partial charge in [-0.3, -0.25) is 9.59 Å². The summed E-state index contributed by atoms with van der Waals surface area (Å²) < 4.78 is 4.91. The third-order valence-electron chi connectivity index (χ3n) is 4.32. The molecule has 0 aliphatic carbocycles. The van der Waals surface area contributed by atoms with E-state index in [9.17, 15) is 14.7 Å². The predicted octanol–water partition coefficient (Wildman–Crippen LogP) is 3.40. The number of anilines is 1. The lowest BCUT2D eigenvalue weighted by molar-refractivity contribution is -0.150. The van der Waals surface area contributed by atoms with Crippen LogP contribution in [-0.4, -0.2) is 29.7 Å². The molecule has 0 spiro atoms. The summed E-state index contributed by atoms with van der Waals surface area (Å²) in [4.78, 5) is 26.3. The molecule has 0 saturated heterocycles. The number of halogens is 1. The molecule has 2 aromatic rings. The SMILES string of the molecule is COC(=O)CC1(O)C(=O)C(Br)=C(c2ccccc2)N1c1ccc(C)cc1. The Hall–Kier alpha value is -2.44. The summed E-state index contributed by atoms with van der Waals surface area (Å²) in [5, 5.41) is 11.2. The topological polar surface area (TPSA) is 66.8 Å². The van der Waals surface area contributed by atoms with Crippen molar-refractivity contribution in [2.24, 2.45) is 0 Å². The second-order valence-electron chi connectivity index (χ2n) is 6.10. The fourth-order valence-corrected chi connectivity index (χ4v) is 3.71. The number of ketones is 1. The average Bonchev–Trinajstić information content (AvgIpc) is 2.84. The maximum atomic E-state index is 12.9. The molecule has 26 heavy (non-hydrogen) atoms. The zero-order chi connectivity index (χ0) is 18.9. The molecule has 3 rings (SSSR count). The molecule has 1 aliphatic rings. The number of aliphatic hydroxyl groups is 1. The van der Waals surface area contributed by atoms with Crippen LogP contribution in [0.15, 0.2) is 59.1 Å². The quantitative estimate of drug-likeness (QED) is 0.775. The molecule has 1 N–H and O–H groups in total. The number of methoxy groups -OCH3 is 1. The number of Topliss-reactive ketones (excluding diaryl/α,β-unsaturated/α-hetero) is 1. The van der Waals surface area contributed by atoms with Crippen LogP contribution in [-0.2, 0) is 14.3 Å². The average molecular weight is 416 g/mol. The molecule has 0 amide bonds. The van der Waals surface area contributed by atoms with Crippen LogP contribution in [0.4, 0.5) is 5.69 Å². The van der Waals surface area contributed by atoms with E-state index in [2.05, 4.69) is 15.9 Å². The van der Waals surface area contributed by atoms with E-state index in [1.165, 1.54) is 12.0 Å². The van der Waals surface area contributed by atoms with Crippen molar-refractivity contribution in [3.63, 3.8) is 0 Å². The molecule has 0 saturated carbocycles. The Kier molecular flexibility index (Phi) is 4.98. The number of hydrogen-bond acceptors (Lipinski definition) is 5. The van der Waals surface area contributed by atoms with Crippen LogP contribution in [0.25, 0.3) is 5.70 Å². The maximum Gasteiger partial charge on any atom is 0.310 e. The molecule has 1 atom stereocenters. The zero-order valence-corrected chi connectivity index (χ0v) is 16.0. The van der Waals surface area contributed by atoms with Gasteiger partial charge in [0.1, 0.15) is 6.42 Å². The molecule has 6 heteroatoms. The number of nitrogens with zero attached hydrogens (tertiary/aromatic N) is 1. The molecule has 0 radical (unpaired) electrons. The third-order valence-corrected chi connectivity index (χ3v) is 5.06. The van der Waals surface area contributed by atoms with Gasteiger partial charge in [-0.2, -0.15) is 0 Å². The highest BCUT2D eigenvalue weighted by Crippen LogP contribution is 2.45. The van der Waals surface area contributed by atoms with E-state index in [4.69, 9.17) is 4.74 Å². The number of hydrogen-bond donors (Lipinski definition) is 1. The van der Waals surface area contributed by atoms with Crippen LogP contribution in [0.5, 0.6) is 0 Å². The lowest BCUT2D eigenvalue weighted by atomic mass is 10.0. The summed E-state index contributed by atoms with van der Waals surface area (Å²) in [7, 11) is 1.22. The maximum absolute atomic E-state index is 12.9. The van der Waals surface area contributed by atoms with Crippen molar-refractivity contribution in [3.8, 4) is 0 Å². The van der Waals surface area contributed by atoms with Crippen LogP contribution in [0, 0.1) is 6.92 Å². The van der Waals surface area contributed by atoms with Crippen molar-refractivity contribution in [2.45, 2.75) is 19.1 Å². The Morgan fingerprint density at radius 2 is 1.77 bits per heavy atom. The van der Waals surface area contributed by atoms with Crippen LogP contribution in [0.2, 0.25) is 0 Å². The van der Waals surface area contributed by atoms with Crippen LogP contribution in [0.3, 0.4) is 0 Å². The Labute approximate surface area is 160 Å². The fourth-order valence-electron chi connectivity index (χ4n) is 2.99. The molecule has 0 aromatic heterocycles. The first kappa shape index (κ1) is 18.4. The lowest BCUT2D eigenvalue weighted by Gasteiger charge is -2.35. The molecule has 5 nitrogen and oxygen atoms in total. The zero-order valence-electron chi connectivity index (χ0n) is 14.4. The van der Waals surface area contributed by atoms with Gasteiger partial charge in [0.15, 0.2) is 0 Å². The van der Waals surface area contributed by atoms with Gasteiger partial charge < -0.3 is 14.7 Å². The van der Waals surface area contributed by atoms with E-state index < -0.39 is 23.9 Å². The molecule has 0 fully saturated rings. The lowest BCUT2D eigenvalue weighted by Crippen LogP contribution is -2.51. The first-order chi connectivity index (χ1) is 12.4. The minimum absolute atomic E-state index is 0.218. The first-order valence-corrected chi connectivity index (χ1v) is 8.84. The number of benzene rings is 2. The van der Waals surface area contributed by atoms with Gasteiger partial charge in [0.2, 0.25) is 11.5 Å². The highest BCUT2D eigenvalue weighted by Gasteiger charge is 2.53. The standard InChI is InChI=1S/C20H18BrNO4/c1-13-8-10-15(11-9-13)22-18(14-6-4-3-5-7-14)17(21)19(24)20(22,25)12-16(23)26-2/h3-11,25H,12H2,1-2H3.